The minimum atomic E-state index is -3.79. The van der Waals surface area contributed by atoms with E-state index in [0.29, 0.717) is 36.7 Å². The van der Waals surface area contributed by atoms with Gasteiger partial charge in [-0.1, -0.05) is 73.9 Å². The maximum atomic E-state index is 13.8. The Hall–Kier alpha value is -4.51. The summed E-state index contributed by atoms with van der Waals surface area (Å²) in [6, 6.07) is 30.0. The number of rotatable bonds is 15. The first-order valence-electron chi connectivity index (χ1n) is 19.4. The van der Waals surface area contributed by atoms with Gasteiger partial charge in [0.15, 0.2) is 0 Å². The Labute approximate surface area is 320 Å². The molecule has 3 N–H and O–H groups in total. The molecular weight excluding hydrogens is 697 g/mol. The summed E-state index contributed by atoms with van der Waals surface area (Å²) in [7, 11) is -2.19. The van der Waals surface area contributed by atoms with Crippen LogP contribution in [0.1, 0.15) is 72.0 Å². The van der Waals surface area contributed by atoms with Crippen LogP contribution >= 0.6 is 0 Å². The molecule has 2 fully saturated rings. The van der Waals surface area contributed by atoms with Crippen molar-refractivity contribution >= 4 is 21.8 Å². The van der Waals surface area contributed by atoms with Crippen LogP contribution < -0.4 is 15.2 Å². The third-order valence-electron chi connectivity index (χ3n) is 11.1. The van der Waals surface area contributed by atoms with Crippen molar-refractivity contribution in [3.63, 3.8) is 0 Å². The first-order chi connectivity index (χ1) is 26.1. The molecular formula is C44H54N4O5S. The number of benzene rings is 4. The molecule has 2 amide bonds. The van der Waals surface area contributed by atoms with E-state index in [1.54, 1.807) is 19.2 Å². The van der Waals surface area contributed by atoms with Gasteiger partial charge in [0, 0.05) is 31.7 Å². The summed E-state index contributed by atoms with van der Waals surface area (Å²) < 4.78 is 28.9. The van der Waals surface area contributed by atoms with E-state index in [1.165, 1.54) is 44.2 Å². The minimum Gasteiger partial charge on any atom is -0.497 e. The van der Waals surface area contributed by atoms with Crippen LogP contribution in [-0.2, 0) is 34.2 Å². The van der Waals surface area contributed by atoms with Crippen molar-refractivity contribution in [3.8, 4) is 16.9 Å². The van der Waals surface area contributed by atoms with E-state index in [2.05, 4.69) is 11.4 Å². The van der Waals surface area contributed by atoms with Crippen LogP contribution in [0.5, 0.6) is 5.75 Å². The highest BCUT2D eigenvalue weighted by atomic mass is 32.2. The fourth-order valence-corrected chi connectivity index (χ4v) is 8.36. The standard InChI is InChI=1S/C44H54N4O5S/c1-53-41-13-4-8-36(29-41)30-43(49)48(27-22-35-14-16-42(17-15-35)54(45,51)52)32-37-9-3-10-38(28-37)39-11-5-12-40(31-39)44(50)47-25-20-34(21-26-47)7-2-6-33-18-23-46-24-19-33/h3-5,8-17,28-29,31,33-34,46H,2,6-7,18-27,30,32H2,1H3,(H2,45,51,52). The zero-order chi connectivity index (χ0) is 37.9. The topological polar surface area (TPSA) is 122 Å². The van der Waals surface area contributed by atoms with Crippen LogP contribution in [0.3, 0.4) is 0 Å². The van der Waals surface area contributed by atoms with Gasteiger partial charge in [0.25, 0.3) is 5.91 Å². The summed E-state index contributed by atoms with van der Waals surface area (Å²) in [6.07, 6.45) is 9.43. The quantitative estimate of drug-likeness (QED) is 0.137. The number of carbonyl (C=O) groups is 2. The highest BCUT2D eigenvalue weighted by Gasteiger charge is 2.24. The summed E-state index contributed by atoms with van der Waals surface area (Å²) in [5.74, 6) is 2.34. The molecule has 0 spiro atoms. The average Bonchev–Trinajstić information content (AvgIpc) is 3.20. The van der Waals surface area contributed by atoms with E-state index in [4.69, 9.17) is 9.88 Å². The number of likely N-dealkylation sites (tertiary alicyclic amines) is 1. The number of nitrogens with two attached hydrogens (primary N) is 1. The third-order valence-corrected chi connectivity index (χ3v) is 12.0. The summed E-state index contributed by atoms with van der Waals surface area (Å²) >= 11 is 0. The third kappa shape index (κ3) is 11.0. The molecule has 0 atom stereocenters. The van der Waals surface area contributed by atoms with Crippen molar-refractivity contribution in [2.45, 2.75) is 69.2 Å². The maximum Gasteiger partial charge on any atom is 0.253 e. The van der Waals surface area contributed by atoms with Gasteiger partial charge in [-0.2, -0.15) is 0 Å². The lowest BCUT2D eigenvalue weighted by atomic mass is 9.87. The second kappa shape index (κ2) is 18.7. The fourth-order valence-electron chi connectivity index (χ4n) is 7.84. The number of amides is 2. The van der Waals surface area contributed by atoms with E-state index in [0.717, 1.165) is 72.8 Å². The number of carbonyl (C=O) groups excluding carboxylic acids is 2. The van der Waals surface area contributed by atoms with Crippen molar-refractivity contribution in [2.75, 3.05) is 39.8 Å². The number of ether oxygens (including phenoxy) is 1. The lowest BCUT2D eigenvalue weighted by molar-refractivity contribution is -0.131. The van der Waals surface area contributed by atoms with Gasteiger partial charge < -0.3 is 19.9 Å². The number of methoxy groups -OCH3 is 1. The number of sulfonamides is 1. The molecule has 286 valence electrons. The number of hydrogen-bond donors (Lipinski definition) is 2. The lowest BCUT2D eigenvalue weighted by Gasteiger charge is -2.32. The molecule has 54 heavy (non-hydrogen) atoms. The van der Waals surface area contributed by atoms with Crippen molar-refractivity contribution < 1.29 is 22.7 Å². The number of piperidine rings is 2. The molecule has 2 aliphatic heterocycles. The average molecular weight is 751 g/mol. The molecule has 0 saturated carbocycles. The zero-order valence-corrected chi connectivity index (χ0v) is 32.2. The van der Waals surface area contributed by atoms with Gasteiger partial charge in [-0.05, 0) is 127 Å². The first kappa shape index (κ1) is 39.2. The van der Waals surface area contributed by atoms with Gasteiger partial charge in [0.05, 0.1) is 18.4 Å². The van der Waals surface area contributed by atoms with E-state index in [-0.39, 0.29) is 23.1 Å². The van der Waals surface area contributed by atoms with E-state index < -0.39 is 10.0 Å². The number of hydrogen-bond acceptors (Lipinski definition) is 6. The van der Waals surface area contributed by atoms with Gasteiger partial charge in [-0.15, -0.1) is 0 Å². The maximum absolute atomic E-state index is 13.8. The molecule has 0 bridgehead atoms. The summed E-state index contributed by atoms with van der Waals surface area (Å²) in [4.78, 5) is 31.4. The summed E-state index contributed by atoms with van der Waals surface area (Å²) in [6.45, 7) is 4.77. The highest BCUT2D eigenvalue weighted by Crippen LogP contribution is 2.28. The van der Waals surface area contributed by atoms with Crippen molar-refractivity contribution in [3.05, 3.63) is 119 Å². The van der Waals surface area contributed by atoms with Crippen molar-refractivity contribution in [2.24, 2.45) is 17.0 Å². The second-order valence-corrected chi connectivity index (χ2v) is 16.5. The first-order valence-corrected chi connectivity index (χ1v) is 20.9. The Morgan fingerprint density at radius 3 is 2.15 bits per heavy atom. The zero-order valence-electron chi connectivity index (χ0n) is 31.4. The monoisotopic (exact) mass is 750 g/mol. The largest absolute Gasteiger partial charge is 0.497 e. The van der Waals surface area contributed by atoms with Gasteiger partial charge in [-0.3, -0.25) is 9.59 Å². The van der Waals surface area contributed by atoms with Gasteiger partial charge in [-0.25, -0.2) is 13.6 Å². The molecule has 0 aromatic heterocycles. The molecule has 9 nitrogen and oxygen atoms in total. The Morgan fingerprint density at radius 1 is 0.796 bits per heavy atom. The van der Waals surface area contributed by atoms with Crippen LogP contribution in [0.2, 0.25) is 0 Å². The van der Waals surface area contributed by atoms with Crippen LogP contribution in [0.15, 0.2) is 102 Å². The van der Waals surface area contributed by atoms with E-state index >= 15 is 0 Å². The number of primary sulfonamides is 1. The summed E-state index contributed by atoms with van der Waals surface area (Å²) in [5.41, 5.74) is 5.36. The SMILES string of the molecule is COc1cccc(CC(=O)N(CCc2ccc(S(N)(=O)=O)cc2)Cc2cccc(-c3cccc(C(=O)N4CCC(CCCC5CCNCC5)CC4)c3)c2)c1. The van der Waals surface area contributed by atoms with Crippen molar-refractivity contribution in [1.82, 2.24) is 15.1 Å². The molecule has 0 radical (unpaired) electrons. The second-order valence-electron chi connectivity index (χ2n) is 14.9. The Kier molecular flexibility index (Phi) is 13.6. The van der Waals surface area contributed by atoms with Crippen LogP contribution in [-0.4, -0.2) is 69.9 Å². The van der Waals surface area contributed by atoms with Crippen LogP contribution in [0, 0.1) is 11.8 Å². The predicted molar refractivity (Wildman–Crippen MR) is 214 cm³/mol. The van der Waals surface area contributed by atoms with E-state index in [1.807, 2.05) is 76.5 Å². The number of nitrogens with one attached hydrogen (secondary N) is 1. The Morgan fingerprint density at radius 2 is 1.44 bits per heavy atom. The molecule has 2 heterocycles. The van der Waals surface area contributed by atoms with Gasteiger partial charge >= 0.3 is 0 Å². The Bertz CT molecular complexity index is 1970. The smallest absolute Gasteiger partial charge is 0.253 e. The van der Waals surface area contributed by atoms with Gasteiger partial charge in [0.2, 0.25) is 15.9 Å². The summed E-state index contributed by atoms with van der Waals surface area (Å²) in [5, 5.41) is 8.75. The van der Waals surface area contributed by atoms with E-state index in [9.17, 15) is 18.0 Å². The molecule has 2 aliphatic rings. The molecule has 0 unspecified atom stereocenters. The Balaban J connectivity index is 1.10. The van der Waals surface area contributed by atoms with Crippen LogP contribution in [0.25, 0.3) is 11.1 Å². The normalized spacial score (nSPS) is 15.6. The minimum absolute atomic E-state index is 0.0343. The van der Waals surface area contributed by atoms with Crippen molar-refractivity contribution in [1.29, 1.82) is 0 Å². The molecule has 6 rings (SSSR count). The molecule has 0 aliphatic carbocycles. The lowest BCUT2D eigenvalue weighted by Crippen LogP contribution is -2.38. The van der Waals surface area contributed by atoms with Crippen LogP contribution in [0.4, 0.5) is 0 Å². The molecule has 2 saturated heterocycles. The molecule has 4 aromatic rings. The number of nitrogens with zero attached hydrogens (tertiary/aromatic N) is 2. The molecule has 4 aromatic carbocycles. The highest BCUT2D eigenvalue weighted by molar-refractivity contribution is 7.89. The predicted octanol–water partition coefficient (Wildman–Crippen LogP) is 6.85. The molecule has 10 heteroatoms. The fraction of sp³-hybridized carbons (Fsp3) is 0.409. The van der Waals surface area contributed by atoms with Gasteiger partial charge in [0.1, 0.15) is 5.75 Å².